The molecule has 15 heavy (non-hydrogen) atoms. The molecule has 1 radical (unpaired) electrons. The van der Waals surface area contributed by atoms with Gasteiger partial charge >= 0.3 is 15.0 Å². The highest BCUT2D eigenvalue weighted by Gasteiger charge is 2.32. The van der Waals surface area contributed by atoms with Crippen LogP contribution in [0.4, 0.5) is 0 Å². The second-order valence-corrected chi connectivity index (χ2v) is 4.49. The Hall–Kier alpha value is -1.82. The van der Waals surface area contributed by atoms with Gasteiger partial charge in [-0.2, -0.15) is 0 Å². The number of hydrogen-bond donors (Lipinski definition) is 0. The summed E-state index contributed by atoms with van der Waals surface area (Å²) < 4.78 is 23.7. The summed E-state index contributed by atoms with van der Waals surface area (Å²) in [4.78, 5) is 11.1. The molecule has 0 unspecified atom stereocenters. The van der Waals surface area contributed by atoms with Crippen LogP contribution in [0.1, 0.15) is 0 Å². The van der Waals surface area contributed by atoms with Crippen molar-refractivity contribution >= 4 is 21.2 Å². The largest absolute Gasteiger partial charge is 0.464 e. The molecule has 0 atom stereocenters. The summed E-state index contributed by atoms with van der Waals surface area (Å²) >= 11 is 0. The summed E-state index contributed by atoms with van der Waals surface area (Å²) in [5.41, 5.74) is 0. The number of hydrogen-bond acceptors (Lipinski definition) is 5. The predicted octanol–water partition coefficient (Wildman–Crippen LogP) is 0.145. The van der Waals surface area contributed by atoms with Crippen LogP contribution in [0.3, 0.4) is 0 Å². The lowest BCUT2D eigenvalue weighted by Gasteiger charge is -1.95. The zero-order valence-electron chi connectivity index (χ0n) is 7.61. The third kappa shape index (κ3) is 1.84. The molecule has 0 aromatic carbocycles. The fourth-order valence-electron chi connectivity index (χ4n) is 1.02. The van der Waals surface area contributed by atoms with E-state index in [1.54, 1.807) is 18.2 Å². The molecule has 0 aliphatic carbocycles. The zero-order chi connectivity index (χ0) is 10.7. The molecular weight excluding hydrogens is 214 g/mol. The van der Waals surface area contributed by atoms with E-state index in [1.807, 2.05) is 0 Å². The number of nitrogens with zero attached hydrogens (tertiary/aromatic N) is 3. The van der Waals surface area contributed by atoms with Gasteiger partial charge in [-0.05, 0) is 22.1 Å². The van der Waals surface area contributed by atoms with E-state index in [1.165, 1.54) is 24.7 Å². The summed E-state index contributed by atoms with van der Waals surface area (Å²) in [6.45, 7) is 0. The maximum absolute atomic E-state index is 11.8. The average molecular weight is 221 g/mol. The van der Waals surface area contributed by atoms with Crippen LogP contribution < -0.4 is 4.99 Å². The van der Waals surface area contributed by atoms with Gasteiger partial charge in [-0.15, -0.1) is 0 Å². The number of rotatable bonds is 1. The molecule has 0 spiro atoms. The van der Waals surface area contributed by atoms with Crippen molar-refractivity contribution in [2.75, 3.05) is 0 Å². The van der Waals surface area contributed by atoms with E-state index in [0.29, 0.717) is 0 Å². The van der Waals surface area contributed by atoms with Crippen molar-refractivity contribution in [3.05, 3.63) is 36.7 Å². The molecule has 0 saturated carbocycles. The minimum Gasteiger partial charge on any atom is -0.244 e. The Labute approximate surface area is 86.8 Å². The Kier molecular flexibility index (Phi) is 2.42. The van der Waals surface area contributed by atoms with Crippen LogP contribution in [0, 0.1) is 0 Å². The van der Waals surface area contributed by atoms with Gasteiger partial charge in [0.05, 0.1) is 0 Å². The molecule has 75 valence electrons. The topological polar surface area (TPSA) is 73.5 Å². The minimum atomic E-state index is -3.67. The molecule has 1 aromatic rings. The molecule has 0 fully saturated rings. The van der Waals surface area contributed by atoms with Crippen LogP contribution in [0.2, 0.25) is 0 Å². The van der Waals surface area contributed by atoms with E-state index in [-0.39, 0.29) is 10.2 Å². The van der Waals surface area contributed by atoms with Gasteiger partial charge in [0.15, 0.2) is 5.03 Å². The lowest BCUT2D eigenvalue weighted by molar-refractivity contribution is 0.603. The Balaban J connectivity index is 2.50. The van der Waals surface area contributed by atoms with Gasteiger partial charge in [0.1, 0.15) is 12.4 Å². The first-order valence-electron chi connectivity index (χ1n) is 4.14. The lowest BCUT2D eigenvalue weighted by Crippen LogP contribution is -2.22. The van der Waals surface area contributed by atoms with E-state index in [0.717, 1.165) is 0 Å². The zero-order valence-corrected chi connectivity index (χ0v) is 8.42. The molecule has 5 nitrogen and oxygen atoms in total. The first-order chi connectivity index (χ1) is 7.21. The highest BCUT2D eigenvalue weighted by molar-refractivity contribution is 8.06. The van der Waals surface area contributed by atoms with Gasteiger partial charge in [0.2, 0.25) is 0 Å². The van der Waals surface area contributed by atoms with Crippen LogP contribution in [0.15, 0.2) is 46.7 Å². The molecule has 0 saturated heterocycles. The van der Waals surface area contributed by atoms with Crippen LogP contribution in [-0.2, 0) is 9.84 Å². The molecule has 0 N–H and O–H groups in total. The molecule has 0 amide bonds. The van der Waals surface area contributed by atoms with Gasteiger partial charge in [0, 0.05) is 12.3 Å². The van der Waals surface area contributed by atoms with Crippen LogP contribution in [0.5, 0.6) is 0 Å². The summed E-state index contributed by atoms with van der Waals surface area (Å²) in [5.74, 6) is 0. The first-order valence-corrected chi connectivity index (χ1v) is 5.63. The van der Waals surface area contributed by atoms with Crippen molar-refractivity contribution in [2.24, 2.45) is 4.99 Å². The van der Waals surface area contributed by atoms with Gasteiger partial charge < -0.3 is 0 Å². The second kappa shape index (κ2) is 3.74. The van der Waals surface area contributed by atoms with E-state index >= 15 is 0 Å². The monoisotopic (exact) mass is 221 g/mol. The van der Waals surface area contributed by atoms with Crippen LogP contribution in [0.25, 0.3) is 0 Å². The summed E-state index contributed by atoms with van der Waals surface area (Å²) in [6.07, 6.45) is 5.72. The maximum Gasteiger partial charge on any atom is 0.464 e. The van der Waals surface area contributed by atoms with Crippen molar-refractivity contribution in [1.82, 2.24) is 9.98 Å². The van der Waals surface area contributed by atoms with Crippen molar-refractivity contribution in [3.8, 4) is 0 Å². The smallest absolute Gasteiger partial charge is 0.244 e. The van der Waals surface area contributed by atoms with Crippen molar-refractivity contribution in [1.29, 1.82) is 0 Å². The van der Waals surface area contributed by atoms with Crippen LogP contribution in [-0.4, -0.2) is 24.8 Å². The summed E-state index contributed by atoms with van der Waals surface area (Å²) in [5, 5.41) is -0.278. The molecule has 2 heterocycles. The summed E-state index contributed by atoms with van der Waals surface area (Å²) in [7, 11) is -3.67. The fraction of sp³-hybridized carbons (Fsp3) is 0. The molecule has 1 aliphatic heterocycles. The van der Waals surface area contributed by atoms with E-state index in [2.05, 4.69) is 15.0 Å². The van der Waals surface area contributed by atoms with Crippen molar-refractivity contribution in [2.45, 2.75) is 5.03 Å². The number of allylic oxidation sites excluding steroid dienone is 1. The van der Waals surface area contributed by atoms with Gasteiger partial charge in [-0.3, -0.25) is 0 Å². The van der Waals surface area contributed by atoms with Crippen molar-refractivity contribution in [3.63, 3.8) is 0 Å². The predicted molar refractivity (Wildman–Crippen MR) is 56.2 cm³/mol. The van der Waals surface area contributed by atoms with E-state index in [4.69, 9.17) is 0 Å². The number of sulfone groups is 1. The molecular formula is C9H7N3O2S+. The third-order valence-electron chi connectivity index (χ3n) is 1.70. The summed E-state index contributed by atoms with van der Waals surface area (Å²) in [6, 6.07) is 4.65. The Morgan fingerprint density at radius 3 is 2.73 bits per heavy atom. The number of pyridine rings is 1. The lowest BCUT2D eigenvalue weighted by atomic mass is 10.5. The average Bonchev–Trinajstić information content (AvgIpc) is 2.31. The van der Waals surface area contributed by atoms with Crippen LogP contribution >= 0.6 is 0 Å². The highest BCUT2D eigenvalue weighted by atomic mass is 32.2. The highest BCUT2D eigenvalue weighted by Crippen LogP contribution is 2.08. The number of aromatic nitrogens is 1. The Morgan fingerprint density at radius 2 is 2.13 bits per heavy atom. The first kappa shape index (κ1) is 9.72. The fourth-order valence-corrected chi connectivity index (χ4v) is 2.07. The quantitative estimate of drug-likeness (QED) is 0.677. The van der Waals surface area contributed by atoms with E-state index < -0.39 is 9.84 Å². The SMILES string of the molecule is O=S(=O)(C1=NC=CC=[N+]1)c1ccccn1. The molecule has 1 aromatic heterocycles. The molecule has 1 aliphatic rings. The molecule has 0 bridgehead atoms. The second-order valence-electron chi connectivity index (χ2n) is 2.70. The van der Waals surface area contributed by atoms with Gasteiger partial charge in [-0.25, -0.2) is 13.4 Å². The third-order valence-corrected chi connectivity index (χ3v) is 3.18. The van der Waals surface area contributed by atoms with Crippen molar-refractivity contribution < 1.29 is 8.42 Å². The molecule has 2 rings (SSSR count). The standard InChI is InChI=1S/C9H7N3O2S/c13-15(14,8-4-1-2-5-10-8)9-11-6-3-7-12-9/h1-7H/q+1. The maximum atomic E-state index is 11.8. The van der Waals surface area contributed by atoms with Gasteiger partial charge in [-0.1, -0.05) is 6.07 Å². The Morgan fingerprint density at radius 1 is 1.27 bits per heavy atom. The normalized spacial score (nSPS) is 15.1. The number of aliphatic imine (C=N–C) groups is 2. The molecule has 6 heteroatoms. The Bertz CT molecular complexity index is 544. The number of amidine groups is 1. The van der Waals surface area contributed by atoms with E-state index in [9.17, 15) is 8.42 Å². The minimum absolute atomic E-state index is 0.0452. The van der Waals surface area contributed by atoms with Gasteiger partial charge in [0.25, 0.3) is 0 Å².